The zero-order chi connectivity index (χ0) is 41.4. The average molecular weight is 804 g/mol. The van der Waals surface area contributed by atoms with Crippen LogP contribution in [0.25, 0.3) is 98.2 Å². The molecule has 3 nitrogen and oxygen atoms in total. The van der Waals surface area contributed by atoms with Gasteiger partial charge in [0.2, 0.25) is 0 Å². The molecule has 0 saturated carbocycles. The molecule has 0 fully saturated rings. The first-order valence-corrected chi connectivity index (χ1v) is 21.9. The Hall–Kier alpha value is -7.98. The summed E-state index contributed by atoms with van der Waals surface area (Å²) in [6.07, 6.45) is 2.23. The summed E-state index contributed by atoms with van der Waals surface area (Å²) < 4.78 is 2.46. The van der Waals surface area contributed by atoms with Crippen LogP contribution in [-0.2, 0) is 0 Å². The van der Waals surface area contributed by atoms with Crippen LogP contribution < -0.4 is 10.6 Å². The predicted octanol–water partition coefficient (Wildman–Crippen LogP) is 15.2. The number of aromatic nitrogens is 1. The van der Waals surface area contributed by atoms with E-state index < -0.39 is 0 Å². The number of nitrogens with zero attached hydrogens (tertiary/aromatic N) is 1. The third-order valence-electron chi connectivity index (χ3n) is 13.4. The van der Waals surface area contributed by atoms with E-state index in [0.29, 0.717) is 0 Å². The molecule has 2 unspecified atom stereocenters. The lowest BCUT2D eigenvalue weighted by molar-refractivity contribution is 0.443. The molecular weight excluding hydrogens is 763 g/mol. The molecular formula is C60H41N3. The molecule has 2 atom stereocenters. The molecule has 1 aliphatic heterocycles. The highest BCUT2D eigenvalue weighted by Crippen LogP contribution is 2.47. The molecule has 2 N–H and O–H groups in total. The van der Waals surface area contributed by atoms with E-state index >= 15 is 0 Å². The molecule has 12 aromatic rings. The summed E-state index contributed by atoms with van der Waals surface area (Å²) in [6, 6.07) is 80.2. The number of para-hydroxylation sites is 2. The Bertz CT molecular complexity index is 3800. The summed E-state index contributed by atoms with van der Waals surface area (Å²) in [5.74, 6) is 0. The Kier molecular flexibility index (Phi) is 8.12. The van der Waals surface area contributed by atoms with Gasteiger partial charge in [-0.3, -0.25) is 5.32 Å². The first-order chi connectivity index (χ1) is 31.2. The summed E-state index contributed by atoms with van der Waals surface area (Å²) >= 11 is 0. The van der Waals surface area contributed by atoms with Gasteiger partial charge in [-0.1, -0.05) is 182 Å². The van der Waals surface area contributed by atoms with Gasteiger partial charge in [0.25, 0.3) is 0 Å². The van der Waals surface area contributed by atoms with Crippen LogP contribution in [0.5, 0.6) is 0 Å². The highest BCUT2D eigenvalue weighted by atomic mass is 15.2. The minimum atomic E-state index is -0.116. The van der Waals surface area contributed by atoms with E-state index in [4.69, 9.17) is 0 Å². The smallest absolute Gasteiger partial charge is 0.104 e. The van der Waals surface area contributed by atoms with E-state index in [2.05, 4.69) is 240 Å². The maximum Gasteiger partial charge on any atom is 0.104 e. The summed E-state index contributed by atoms with van der Waals surface area (Å²) in [7, 11) is 0. The molecule has 0 bridgehead atoms. The van der Waals surface area contributed by atoms with Crippen molar-refractivity contribution in [2.24, 2.45) is 0 Å². The fraction of sp³-hybridized carbons (Fsp3) is 0.0333. The molecule has 1 aliphatic rings. The molecule has 0 saturated heterocycles. The first-order valence-electron chi connectivity index (χ1n) is 21.9. The van der Waals surface area contributed by atoms with Crippen molar-refractivity contribution in [3.05, 3.63) is 241 Å². The number of hydrogen-bond acceptors (Lipinski definition) is 2. The van der Waals surface area contributed by atoms with Crippen LogP contribution in [0, 0.1) is 0 Å². The van der Waals surface area contributed by atoms with E-state index in [0.717, 1.165) is 5.70 Å². The molecule has 296 valence electrons. The standard InChI is InChI=1S/C60H41N3/c1-2-18-46(19-3-1)63-56-25-13-12-24-51(56)58-57-49-22-10-8-20-47(49)52(36-53(57)48-21-9-11-23-50(48)59(58)63)40-28-30-41(31-29-40)60-61-54(44-32-26-38-14-4-6-16-42(38)34-44)37-55(62-60)45-33-27-39-15-5-7-17-43(39)35-45/h1-37,54,60-62H. The lowest BCUT2D eigenvalue weighted by Gasteiger charge is -2.33. The fourth-order valence-corrected chi connectivity index (χ4v) is 10.4. The van der Waals surface area contributed by atoms with Gasteiger partial charge in [0.15, 0.2) is 0 Å². The van der Waals surface area contributed by atoms with Crippen molar-refractivity contribution in [3.8, 4) is 16.8 Å². The molecule has 0 amide bonds. The molecule has 0 spiro atoms. The zero-order valence-corrected chi connectivity index (χ0v) is 34.5. The highest BCUT2D eigenvalue weighted by molar-refractivity contribution is 6.38. The summed E-state index contributed by atoms with van der Waals surface area (Å²) in [6.45, 7) is 0. The Morgan fingerprint density at radius 1 is 0.381 bits per heavy atom. The Labute approximate surface area is 365 Å². The van der Waals surface area contributed by atoms with Crippen LogP contribution in [0.4, 0.5) is 0 Å². The van der Waals surface area contributed by atoms with Crippen LogP contribution >= 0.6 is 0 Å². The second-order valence-electron chi connectivity index (χ2n) is 16.9. The van der Waals surface area contributed by atoms with Crippen molar-refractivity contribution in [2.75, 3.05) is 0 Å². The number of nitrogens with one attached hydrogen (secondary N) is 2. The minimum absolute atomic E-state index is 0.00406. The SMILES string of the molecule is C1=C(c2ccc3ccccc3c2)NC(c2ccc(-c3cc4c5ccccc5c5c(c6ccccc6n5-c5ccccc5)c4c4ccccc34)cc2)NC1c1ccc2ccccc2c1. The zero-order valence-electron chi connectivity index (χ0n) is 34.5. The van der Waals surface area contributed by atoms with Crippen molar-refractivity contribution in [1.29, 1.82) is 0 Å². The molecule has 11 aromatic carbocycles. The van der Waals surface area contributed by atoms with Gasteiger partial charge in [-0.2, -0.15) is 0 Å². The van der Waals surface area contributed by atoms with Crippen molar-refractivity contribution >= 4 is 81.4 Å². The largest absolute Gasteiger partial charge is 0.366 e. The monoisotopic (exact) mass is 803 g/mol. The number of benzene rings is 11. The molecule has 0 radical (unpaired) electrons. The molecule has 13 rings (SSSR count). The fourth-order valence-electron chi connectivity index (χ4n) is 10.4. The topological polar surface area (TPSA) is 29.0 Å². The third-order valence-corrected chi connectivity index (χ3v) is 13.4. The lowest BCUT2D eigenvalue weighted by atomic mass is 9.88. The van der Waals surface area contributed by atoms with Crippen LogP contribution in [0.15, 0.2) is 224 Å². The van der Waals surface area contributed by atoms with Gasteiger partial charge < -0.3 is 9.88 Å². The van der Waals surface area contributed by atoms with E-state index in [1.54, 1.807) is 0 Å². The number of fused-ring (bicyclic) bond motifs is 12. The number of hydrogen-bond donors (Lipinski definition) is 2. The normalized spacial score (nSPS) is 15.5. The third kappa shape index (κ3) is 5.78. The van der Waals surface area contributed by atoms with Gasteiger partial charge in [-0.15, -0.1) is 0 Å². The van der Waals surface area contributed by atoms with Crippen molar-refractivity contribution < 1.29 is 0 Å². The van der Waals surface area contributed by atoms with E-state index in [1.807, 2.05) is 0 Å². The van der Waals surface area contributed by atoms with Gasteiger partial charge in [0.1, 0.15) is 6.17 Å². The van der Waals surface area contributed by atoms with Crippen LogP contribution in [0.2, 0.25) is 0 Å². The van der Waals surface area contributed by atoms with Crippen LogP contribution in [-0.4, -0.2) is 4.57 Å². The van der Waals surface area contributed by atoms with Gasteiger partial charge in [-0.05, 0) is 113 Å². The molecule has 2 heterocycles. The Morgan fingerprint density at radius 3 is 1.75 bits per heavy atom. The van der Waals surface area contributed by atoms with Crippen LogP contribution in [0.1, 0.15) is 28.9 Å². The quantitative estimate of drug-likeness (QED) is 0.170. The minimum Gasteiger partial charge on any atom is -0.366 e. The maximum atomic E-state index is 3.98. The van der Waals surface area contributed by atoms with E-state index in [1.165, 1.54) is 109 Å². The predicted molar refractivity (Wildman–Crippen MR) is 266 cm³/mol. The average Bonchev–Trinajstić information content (AvgIpc) is 3.71. The molecule has 0 aliphatic carbocycles. The summed E-state index contributed by atoms with van der Waals surface area (Å²) in [4.78, 5) is 0. The highest BCUT2D eigenvalue weighted by Gasteiger charge is 2.26. The lowest BCUT2D eigenvalue weighted by Crippen LogP contribution is -2.39. The Morgan fingerprint density at radius 2 is 0.968 bits per heavy atom. The van der Waals surface area contributed by atoms with E-state index in [-0.39, 0.29) is 12.2 Å². The van der Waals surface area contributed by atoms with E-state index in [9.17, 15) is 0 Å². The number of rotatable bonds is 5. The van der Waals surface area contributed by atoms with Crippen LogP contribution in [0.3, 0.4) is 0 Å². The van der Waals surface area contributed by atoms with Crippen molar-refractivity contribution in [2.45, 2.75) is 12.2 Å². The maximum absolute atomic E-state index is 3.98. The molecule has 1 aromatic heterocycles. The van der Waals surface area contributed by atoms with Gasteiger partial charge in [0, 0.05) is 32.9 Å². The summed E-state index contributed by atoms with van der Waals surface area (Å²) in [5.41, 5.74) is 10.8. The second kappa shape index (κ2) is 14.3. The van der Waals surface area contributed by atoms with Gasteiger partial charge >= 0.3 is 0 Å². The van der Waals surface area contributed by atoms with Crippen molar-refractivity contribution in [1.82, 2.24) is 15.2 Å². The molecule has 3 heteroatoms. The van der Waals surface area contributed by atoms with Gasteiger partial charge in [0.05, 0.1) is 17.1 Å². The summed E-state index contributed by atoms with van der Waals surface area (Å²) in [5, 5.41) is 23.0. The Balaban J connectivity index is 0.960. The first kappa shape index (κ1) is 35.7. The molecule has 63 heavy (non-hydrogen) atoms. The van der Waals surface area contributed by atoms with Crippen molar-refractivity contribution in [3.63, 3.8) is 0 Å². The van der Waals surface area contributed by atoms with Gasteiger partial charge in [-0.25, -0.2) is 0 Å². The second-order valence-corrected chi connectivity index (χ2v) is 16.9.